The highest BCUT2D eigenvalue weighted by Crippen LogP contribution is 2.25. The smallest absolute Gasteiger partial charge is 0.220 e. The Balaban J connectivity index is 0.00000200. The Hall–Kier alpha value is -0.320. The molecule has 0 bridgehead atoms. The Morgan fingerprint density at radius 2 is 2.00 bits per heavy atom. The molecule has 1 aliphatic carbocycles. The van der Waals surface area contributed by atoms with E-state index in [4.69, 9.17) is 10.5 Å². The van der Waals surface area contributed by atoms with Crippen LogP contribution in [0.5, 0.6) is 0 Å². The van der Waals surface area contributed by atoms with Gasteiger partial charge in [-0.05, 0) is 51.5 Å². The van der Waals surface area contributed by atoms with Gasteiger partial charge >= 0.3 is 0 Å². The predicted molar refractivity (Wildman–Crippen MR) is 83.0 cm³/mol. The molecule has 0 radical (unpaired) electrons. The van der Waals surface area contributed by atoms with E-state index in [2.05, 4.69) is 12.2 Å². The molecule has 1 saturated carbocycles. The molecule has 3 N–H and O–H groups in total. The Morgan fingerprint density at radius 1 is 1.25 bits per heavy atom. The summed E-state index contributed by atoms with van der Waals surface area (Å²) in [6, 6.07) is 0.301. The van der Waals surface area contributed by atoms with Crippen LogP contribution in [0.15, 0.2) is 0 Å². The highest BCUT2D eigenvalue weighted by Gasteiger charge is 2.26. The summed E-state index contributed by atoms with van der Waals surface area (Å²) in [6.07, 6.45) is 9.04. The van der Waals surface area contributed by atoms with Crippen LogP contribution in [0.4, 0.5) is 0 Å². The van der Waals surface area contributed by atoms with Gasteiger partial charge in [-0.2, -0.15) is 0 Å². The van der Waals surface area contributed by atoms with Gasteiger partial charge in [0.1, 0.15) is 0 Å². The van der Waals surface area contributed by atoms with Crippen molar-refractivity contribution in [2.45, 2.75) is 76.5 Å². The highest BCUT2D eigenvalue weighted by atomic mass is 35.5. The molecule has 118 valence electrons. The number of amides is 1. The number of halogens is 1. The van der Waals surface area contributed by atoms with E-state index in [1.165, 1.54) is 12.8 Å². The molecule has 5 heteroatoms. The fourth-order valence-electron chi connectivity index (χ4n) is 3.35. The number of nitrogens with two attached hydrogens (primary N) is 1. The summed E-state index contributed by atoms with van der Waals surface area (Å²) in [6.45, 7) is 2.79. The largest absolute Gasteiger partial charge is 0.375 e. The molecular weight excluding hydrogens is 276 g/mol. The van der Waals surface area contributed by atoms with E-state index < -0.39 is 0 Å². The molecule has 0 aromatic rings. The lowest BCUT2D eigenvalue weighted by molar-refractivity contribution is -0.123. The maximum atomic E-state index is 12.0. The quantitative estimate of drug-likeness (QED) is 0.819. The second-order valence-electron chi connectivity index (χ2n) is 6.14. The van der Waals surface area contributed by atoms with E-state index in [1.54, 1.807) is 0 Å². The molecule has 4 unspecified atom stereocenters. The van der Waals surface area contributed by atoms with Gasteiger partial charge in [-0.25, -0.2) is 0 Å². The first-order valence-corrected chi connectivity index (χ1v) is 7.84. The van der Waals surface area contributed by atoms with Crippen LogP contribution in [0.25, 0.3) is 0 Å². The van der Waals surface area contributed by atoms with E-state index in [1.807, 2.05) is 0 Å². The van der Waals surface area contributed by atoms with E-state index in [0.29, 0.717) is 31.0 Å². The SMILES string of the molecule is CC1CCC(CCC(=O)NC2CCCCC2CN)O1.Cl. The lowest BCUT2D eigenvalue weighted by Crippen LogP contribution is -2.44. The first-order valence-electron chi connectivity index (χ1n) is 7.84. The van der Waals surface area contributed by atoms with Crippen LogP contribution in [0.2, 0.25) is 0 Å². The fourth-order valence-corrected chi connectivity index (χ4v) is 3.35. The Labute approximate surface area is 128 Å². The van der Waals surface area contributed by atoms with Crippen molar-refractivity contribution in [1.29, 1.82) is 0 Å². The fraction of sp³-hybridized carbons (Fsp3) is 0.933. The van der Waals surface area contributed by atoms with Crippen molar-refractivity contribution in [3.05, 3.63) is 0 Å². The van der Waals surface area contributed by atoms with Gasteiger partial charge in [0.05, 0.1) is 12.2 Å². The number of carbonyl (C=O) groups is 1. The summed E-state index contributed by atoms with van der Waals surface area (Å²) >= 11 is 0. The zero-order valence-electron chi connectivity index (χ0n) is 12.5. The zero-order chi connectivity index (χ0) is 13.7. The molecule has 1 heterocycles. The molecule has 1 aliphatic heterocycles. The number of hydrogen-bond acceptors (Lipinski definition) is 3. The number of ether oxygens (including phenoxy) is 1. The number of nitrogens with one attached hydrogen (secondary N) is 1. The number of rotatable bonds is 5. The van der Waals surface area contributed by atoms with Crippen LogP contribution in [-0.2, 0) is 9.53 Å². The molecule has 2 rings (SSSR count). The van der Waals surface area contributed by atoms with Gasteiger partial charge in [-0.1, -0.05) is 12.8 Å². The normalized spacial score (nSPS) is 33.5. The molecule has 0 aromatic heterocycles. The lowest BCUT2D eigenvalue weighted by atomic mass is 9.84. The van der Waals surface area contributed by atoms with Crippen molar-refractivity contribution in [3.8, 4) is 0 Å². The molecule has 4 atom stereocenters. The van der Waals surface area contributed by atoms with Gasteiger partial charge in [-0.3, -0.25) is 4.79 Å². The Morgan fingerprint density at radius 3 is 2.65 bits per heavy atom. The van der Waals surface area contributed by atoms with Gasteiger partial charge in [0.2, 0.25) is 5.91 Å². The molecule has 1 amide bonds. The molecule has 20 heavy (non-hydrogen) atoms. The van der Waals surface area contributed by atoms with Crippen LogP contribution >= 0.6 is 12.4 Å². The average Bonchev–Trinajstić information content (AvgIpc) is 2.83. The second kappa shape index (κ2) is 8.85. The van der Waals surface area contributed by atoms with Gasteiger partial charge in [-0.15, -0.1) is 12.4 Å². The monoisotopic (exact) mass is 304 g/mol. The van der Waals surface area contributed by atoms with Crippen LogP contribution in [-0.4, -0.2) is 30.7 Å². The van der Waals surface area contributed by atoms with Gasteiger partial charge < -0.3 is 15.8 Å². The van der Waals surface area contributed by atoms with Crippen molar-refractivity contribution in [1.82, 2.24) is 5.32 Å². The van der Waals surface area contributed by atoms with Crippen molar-refractivity contribution in [2.24, 2.45) is 11.7 Å². The van der Waals surface area contributed by atoms with E-state index in [0.717, 1.165) is 32.1 Å². The summed E-state index contributed by atoms with van der Waals surface area (Å²) in [5, 5.41) is 3.18. The molecule has 0 aromatic carbocycles. The van der Waals surface area contributed by atoms with Crippen molar-refractivity contribution >= 4 is 18.3 Å². The number of carbonyl (C=O) groups excluding carboxylic acids is 1. The van der Waals surface area contributed by atoms with E-state index in [-0.39, 0.29) is 24.4 Å². The molecule has 2 fully saturated rings. The van der Waals surface area contributed by atoms with Crippen LogP contribution in [0.3, 0.4) is 0 Å². The highest BCUT2D eigenvalue weighted by molar-refractivity contribution is 5.85. The van der Waals surface area contributed by atoms with E-state index in [9.17, 15) is 4.79 Å². The summed E-state index contributed by atoms with van der Waals surface area (Å²) in [5.74, 6) is 0.647. The van der Waals surface area contributed by atoms with Crippen LogP contribution < -0.4 is 11.1 Å². The lowest BCUT2D eigenvalue weighted by Gasteiger charge is -2.31. The minimum absolute atomic E-state index is 0. The van der Waals surface area contributed by atoms with Crippen molar-refractivity contribution in [3.63, 3.8) is 0 Å². The number of hydrogen-bond donors (Lipinski definition) is 2. The summed E-state index contributed by atoms with van der Waals surface area (Å²) in [5.41, 5.74) is 5.79. The minimum atomic E-state index is 0. The van der Waals surface area contributed by atoms with Gasteiger partial charge in [0, 0.05) is 12.5 Å². The zero-order valence-corrected chi connectivity index (χ0v) is 13.3. The third-order valence-electron chi connectivity index (χ3n) is 4.57. The summed E-state index contributed by atoms with van der Waals surface area (Å²) in [4.78, 5) is 12.0. The predicted octanol–water partition coefficient (Wildman–Crippen LogP) is 2.39. The van der Waals surface area contributed by atoms with Crippen molar-refractivity contribution in [2.75, 3.05) is 6.54 Å². The van der Waals surface area contributed by atoms with Gasteiger partial charge in [0.25, 0.3) is 0 Å². The summed E-state index contributed by atoms with van der Waals surface area (Å²) < 4.78 is 5.74. The maximum Gasteiger partial charge on any atom is 0.220 e. The standard InChI is InChI=1S/C15H28N2O2.ClH/c1-11-6-7-13(19-11)8-9-15(18)17-14-5-3-2-4-12(14)10-16;/h11-14H,2-10,16H2,1H3,(H,17,18);1H. The summed E-state index contributed by atoms with van der Waals surface area (Å²) in [7, 11) is 0. The third-order valence-corrected chi connectivity index (χ3v) is 4.57. The topological polar surface area (TPSA) is 64.4 Å². The first-order chi connectivity index (χ1) is 9.19. The van der Waals surface area contributed by atoms with Gasteiger partial charge in [0.15, 0.2) is 0 Å². The Kier molecular flexibility index (Phi) is 7.85. The first kappa shape index (κ1) is 17.7. The molecule has 1 saturated heterocycles. The average molecular weight is 305 g/mol. The minimum Gasteiger partial charge on any atom is -0.375 e. The molecular formula is C15H29ClN2O2. The molecule has 4 nitrogen and oxygen atoms in total. The molecule has 2 aliphatic rings. The molecule has 0 spiro atoms. The van der Waals surface area contributed by atoms with Crippen molar-refractivity contribution < 1.29 is 9.53 Å². The third kappa shape index (κ3) is 5.23. The van der Waals surface area contributed by atoms with E-state index >= 15 is 0 Å². The second-order valence-corrected chi connectivity index (χ2v) is 6.14. The maximum absolute atomic E-state index is 12.0. The Bertz CT molecular complexity index is 302. The van der Waals surface area contributed by atoms with Crippen LogP contribution in [0, 0.1) is 5.92 Å². The van der Waals surface area contributed by atoms with Crippen LogP contribution in [0.1, 0.15) is 58.3 Å².